The summed E-state index contributed by atoms with van der Waals surface area (Å²) >= 11 is 5.00. The fourth-order valence-electron chi connectivity index (χ4n) is 1.83. The average molecular weight is 275 g/mol. The van der Waals surface area contributed by atoms with Gasteiger partial charge in [0.15, 0.2) is 0 Å². The number of nitrogens with zero attached hydrogens (tertiary/aromatic N) is 3. The Morgan fingerprint density at radius 1 is 1.42 bits per heavy atom. The van der Waals surface area contributed by atoms with Crippen LogP contribution in [0.3, 0.4) is 0 Å². The Kier molecular flexibility index (Phi) is 3.80. The molecule has 0 saturated heterocycles. The van der Waals surface area contributed by atoms with Crippen molar-refractivity contribution in [3.05, 3.63) is 35.7 Å². The molecule has 0 bridgehead atoms. The molecule has 19 heavy (non-hydrogen) atoms. The molecule has 3 N–H and O–H groups in total. The highest BCUT2D eigenvalue weighted by Gasteiger charge is 2.08. The van der Waals surface area contributed by atoms with E-state index in [4.69, 9.17) is 18.0 Å². The van der Waals surface area contributed by atoms with Crippen molar-refractivity contribution in [2.45, 2.75) is 26.8 Å². The monoisotopic (exact) mass is 275 g/mol. The van der Waals surface area contributed by atoms with Gasteiger partial charge in [-0.15, -0.1) is 0 Å². The molecule has 0 aliphatic heterocycles. The number of thiocarbonyl (C=S) groups is 1. The molecule has 0 fully saturated rings. The minimum absolute atomic E-state index is 0.275. The SMILES string of the molecule is Cc1cc(C(N)=S)cc(Nc2ccnn2C(C)C)n1. The third-order valence-corrected chi connectivity index (χ3v) is 2.89. The van der Waals surface area contributed by atoms with Gasteiger partial charge in [0.1, 0.15) is 16.6 Å². The summed E-state index contributed by atoms with van der Waals surface area (Å²) in [5.74, 6) is 1.60. The van der Waals surface area contributed by atoms with Crippen molar-refractivity contribution in [1.82, 2.24) is 14.8 Å². The van der Waals surface area contributed by atoms with Crippen molar-refractivity contribution in [2.24, 2.45) is 5.73 Å². The van der Waals surface area contributed by atoms with Crippen LogP contribution in [0.15, 0.2) is 24.4 Å². The number of anilines is 2. The zero-order chi connectivity index (χ0) is 14.0. The molecule has 100 valence electrons. The van der Waals surface area contributed by atoms with Gasteiger partial charge in [-0.3, -0.25) is 0 Å². The van der Waals surface area contributed by atoms with Crippen molar-refractivity contribution in [2.75, 3.05) is 5.32 Å². The maximum atomic E-state index is 5.66. The van der Waals surface area contributed by atoms with Gasteiger partial charge >= 0.3 is 0 Å². The summed E-state index contributed by atoms with van der Waals surface area (Å²) < 4.78 is 1.89. The van der Waals surface area contributed by atoms with Crippen LogP contribution in [0.5, 0.6) is 0 Å². The number of aromatic nitrogens is 3. The Balaban J connectivity index is 2.33. The van der Waals surface area contributed by atoms with E-state index < -0.39 is 0 Å². The van der Waals surface area contributed by atoms with Crippen LogP contribution >= 0.6 is 12.2 Å². The summed E-state index contributed by atoms with van der Waals surface area (Å²) in [7, 11) is 0. The third-order valence-electron chi connectivity index (χ3n) is 2.65. The molecule has 0 aliphatic carbocycles. The minimum Gasteiger partial charge on any atom is -0.389 e. The summed E-state index contributed by atoms with van der Waals surface area (Å²) in [6.45, 7) is 6.05. The second kappa shape index (κ2) is 5.36. The lowest BCUT2D eigenvalue weighted by Gasteiger charge is -2.13. The van der Waals surface area contributed by atoms with E-state index in [0.717, 1.165) is 17.1 Å². The largest absolute Gasteiger partial charge is 0.389 e. The van der Waals surface area contributed by atoms with Crippen LogP contribution in [0, 0.1) is 6.92 Å². The molecular weight excluding hydrogens is 258 g/mol. The quantitative estimate of drug-likeness (QED) is 0.839. The van der Waals surface area contributed by atoms with E-state index >= 15 is 0 Å². The van der Waals surface area contributed by atoms with Crippen molar-refractivity contribution in [3.8, 4) is 0 Å². The van der Waals surface area contributed by atoms with E-state index in [0.29, 0.717) is 10.8 Å². The number of rotatable bonds is 4. The predicted octanol–water partition coefficient (Wildman–Crippen LogP) is 2.55. The zero-order valence-electron chi connectivity index (χ0n) is 11.2. The summed E-state index contributed by atoms with van der Waals surface area (Å²) in [4.78, 5) is 4.79. The molecule has 0 aromatic carbocycles. The molecule has 0 aliphatic rings. The molecule has 0 radical (unpaired) electrons. The van der Waals surface area contributed by atoms with E-state index in [1.165, 1.54) is 0 Å². The van der Waals surface area contributed by atoms with Gasteiger partial charge in [0.25, 0.3) is 0 Å². The Morgan fingerprint density at radius 2 is 2.16 bits per heavy atom. The van der Waals surface area contributed by atoms with Crippen LogP contribution in [0.25, 0.3) is 0 Å². The van der Waals surface area contributed by atoms with Crippen LogP contribution in [0.4, 0.5) is 11.6 Å². The second-order valence-corrected chi connectivity index (χ2v) is 5.07. The molecule has 0 atom stereocenters. The Bertz CT molecular complexity index is 603. The fraction of sp³-hybridized carbons (Fsp3) is 0.308. The topological polar surface area (TPSA) is 68.8 Å². The number of hydrogen-bond donors (Lipinski definition) is 2. The normalized spacial score (nSPS) is 10.7. The van der Waals surface area contributed by atoms with Crippen molar-refractivity contribution < 1.29 is 0 Å². The first kappa shape index (κ1) is 13.5. The number of hydrogen-bond acceptors (Lipinski definition) is 4. The van der Waals surface area contributed by atoms with Crippen LogP contribution in [-0.2, 0) is 0 Å². The van der Waals surface area contributed by atoms with Crippen molar-refractivity contribution in [1.29, 1.82) is 0 Å². The van der Waals surface area contributed by atoms with Crippen LogP contribution in [0.2, 0.25) is 0 Å². The summed E-state index contributed by atoms with van der Waals surface area (Å²) in [6, 6.07) is 5.89. The van der Waals surface area contributed by atoms with Gasteiger partial charge in [-0.2, -0.15) is 5.10 Å². The smallest absolute Gasteiger partial charge is 0.132 e. The van der Waals surface area contributed by atoms with E-state index in [2.05, 4.69) is 29.2 Å². The van der Waals surface area contributed by atoms with Crippen molar-refractivity contribution in [3.63, 3.8) is 0 Å². The average Bonchev–Trinajstić information content (AvgIpc) is 2.76. The Labute approximate surface area is 117 Å². The van der Waals surface area contributed by atoms with E-state index in [9.17, 15) is 0 Å². The molecule has 2 aromatic rings. The first-order valence-electron chi connectivity index (χ1n) is 6.06. The highest BCUT2D eigenvalue weighted by molar-refractivity contribution is 7.80. The third kappa shape index (κ3) is 3.08. The van der Waals surface area contributed by atoms with E-state index in [1.54, 1.807) is 6.20 Å². The molecule has 0 amide bonds. The van der Waals surface area contributed by atoms with E-state index in [-0.39, 0.29) is 6.04 Å². The zero-order valence-corrected chi connectivity index (χ0v) is 12.0. The molecule has 0 unspecified atom stereocenters. The lowest BCUT2D eigenvalue weighted by Crippen LogP contribution is -2.12. The standard InChI is InChI=1S/C13H17N5S/c1-8(2)18-12(4-5-15-18)17-11-7-10(13(14)19)6-9(3)16-11/h4-8H,1-3H3,(H2,14,19)(H,16,17). The maximum Gasteiger partial charge on any atom is 0.132 e. The number of aryl methyl sites for hydroxylation is 1. The summed E-state index contributed by atoms with van der Waals surface area (Å²) in [5.41, 5.74) is 7.33. The minimum atomic E-state index is 0.275. The lowest BCUT2D eigenvalue weighted by molar-refractivity contribution is 0.539. The van der Waals surface area contributed by atoms with Gasteiger partial charge in [0.05, 0.1) is 6.20 Å². The fourth-order valence-corrected chi connectivity index (χ4v) is 1.95. The molecular formula is C13H17N5S. The highest BCUT2D eigenvalue weighted by atomic mass is 32.1. The second-order valence-electron chi connectivity index (χ2n) is 4.63. The molecule has 2 rings (SSSR count). The van der Waals surface area contributed by atoms with Gasteiger partial charge < -0.3 is 11.1 Å². The molecule has 0 saturated carbocycles. The van der Waals surface area contributed by atoms with Gasteiger partial charge in [0.2, 0.25) is 0 Å². The van der Waals surface area contributed by atoms with Gasteiger partial charge in [0, 0.05) is 23.4 Å². The first-order chi connectivity index (χ1) is 8.97. The lowest BCUT2D eigenvalue weighted by atomic mass is 10.2. The molecule has 5 nitrogen and oxygen atoms in total. The number of nitrogens with one attached hydrogen (secondary N) is 1. The van der Waals surface area contributed by atoms with E-state index in [1.807, 2.05) is 29.8 Å². The van der Waals surface area contributed by atoms with Crippen molar-refractivity contribution >= 4 is 28.8 Å². The van der Waals surface area contributed by atoms with Gasteiger partial charge in [-0.25, -0.2) is 9.67 Å². The van der Waals surface area contributed by atoms with Crippen LogP contribution in [0.1, 0.15) is 31.1 Å². The summed E-state index contributed by atoms with van der Waals surface area (Å²) in [6.07, 6.45) is 1.76. The van der Waals surface area contributed by atoms with Gasteiger partial charge in [-0.05, 0) is 32.9 Å². The summed E-state index contributed by atoms with van der Waals surface area (Å²) in [5, 5.41) is 7.51. The van der Waals surface area contributed by atoms with Crippen LogP contribution in [-0.4, -0.2) is 19.8 Å². The Hall–Kier alpha value is -1.95. The van der Waals surface area contributed by atoms with Gasteiger partial charge in [-0.1, -0.05) is 12.2 Å². The molecule has 2 aromatic heterocycles. The Morgan fingerprint density at radius 3 is 2.79 bits per heavy atom. The number of pyridine rings is 1. The predicted molar refractivity (Wildman–Crippen MR) is 80.8 cm³/mol. The maximum absolute atomic E-state index is 5.66. The number of nitrogens with two attached hydrogens (primary N) is 1. The molecule has 2 heterocycles. The molecule has 0 spiro atoms. The molecule has 6 heteroatoms. The first-order valence-corrected chi connectivity index (χ1v) is 6.47. The van der Waals surface area contributed by atoms with Crippen LogP contribution < -0.4 is 11.1 Å². The highest BCUT2D eigenvalue weighted by Crippen LogP contribution is 2.19.